The van der Waals surface area contributed by atoms with E-state index in [0.717, 1.165) is 6.20 Å². The van der Waals surface area contributed by atoms with Crippen LogP contribution in [-0.2, 0) is 0 Å². The molecule has 1 heterocycles. The van der Waals surface area contributed by atoms with Crippen LogP contribution in [0.25, 0.3) is 0 Å². The minimum Gasteiger partial charge on any atom is -0.271 e. The average Bonchev–Trinajstić information content (AvgIpc) is 2.28. The Morgan fingerprint density at radius 2 is 1.78 bits per heavy atom. The van der Waals surface area contributed by atoms with Gasteiger partial charge in [0, 0.05) is 10.7 Å². The average molecular weight is 314 g/mol. The molecule has 94 valence electrons. The summed E-state index contributed by atoms with van der Waals surface area (Å²) in [6, 6.07) is 5.15. The zero-order valence-corrected chi connectivity index (χ0v) is 10.8. The smallest absolute Gasteiger partial charge is 0.141 e. The fraction of sp³-hybridized carbons (Fsp3) is 0.0833. The molecule has 0 bridgehead atoms. The van der Waals surface area contributed by atoms with E-state index in [4.69, 9.17) is 5.84 Å². The molecule has 0 radical (unpaired) electrons. The maximum atomic E-state index is 13.3. The van der Waals surface area contributed by atoms with Gasteiger partial charge in [-0.25, -0.2) is 14.2 Å². The van der Waals surface area contributed by atoms with E-state index in [2.05, 4.69) is 26.3 Å². The fourth-order valence-electron chi connectivity index (χ4n) is 1.71. The minimum atomic E-state index is -0.528. The zero-order valence-electron chi connectivity index (χ0n) is 9.20. The first kappa shape index (κ1) is 13.1. The second-order valence-corrected chi connectivity index (χ2v) is 4.65. The summed E-state index contributed by atoms with van der Waals surface area (Å²) in [6.45, 7) is 0. The van der Waals surface area contributed by atoms with Gasteiger partial charge in [-0.1, -0.05) is 15.9 Å². The number of nitrogens with two attached hydrogens (primary N) is 1. The van der Waals surface area contributed by atoms with Crippen LogP contribution in [0, 0.1) is 11.6 Å². The van der Waals surface area contributed by atoms with Gasteiger partial charge in [0.1, 0.15) is 11.6 Å². The van der Waals surface area contributed by atoms with Crippen LogP contribution in [0.5, 0.6) is 0 Å². The first-order valence-electron chi connectivity index (χ1n) is 5.12. The Hall–Kier alpha value is -1.37. The summed E-state index contributed by atoms with van der Waals surface area (Å²) in [5.41, 5.74) is 3.63. The molecule has 0 aliphatic rings. The molecule has 3 N–H and O–H groups in total. The topological polar surface area (TPSA) is 50.9 Å². The van der Waals surface area contributed by atoms with Crippen LogP contribution in [0.4, 0.5) is 8.78 Å². The van der Waals surface area contributed by atoms with E-state index in [9.17, 15) is 8.78 Å². The molecule has 2 aromatic rings. The van der Waals surface area contributed by atoms with Crippen molar-refractivity contribution in [3.8, 4) is 0 Å². The predicted octanol–water partition coefficient (Wildman–Crippen LogP) is 2.68. The number of rotatable bonds is 3. The first-order valence-corrected chi connectivity index (χ1v) is 5.92. The van der Waals surface area contributed by atoms with Gasteiger partial charge in [-0.15, -0.1) is 0 Å². The molecule has 1 unspecified atom stereocenters. The molecule has 0 fully saturated rings. The van der Waals surface area contributed by atoms with Gasteiger partial charge in [-0.05, 0) is 35.4 Å². The zero-order chi connectivity index (χ0) is 13.1. The number of nitrogens with one attached hydrogen (secondary N) is 1. The molecule has 0 aliphatic heterocycles. The number of hydrazine groups is 1. The fourth-order valence-corrected chi connectivity index (χ4v) is 2.20. The molecule has 0 saturated carbocycles. The van der Waals surface area contributed by atoms with Crippen molar-refractivity contribution < 1.29 is 8.78 Å². The molecule has 3 nitrogen and oxygen atoms in total. The Morgan fingerprint density at radius 3 is 2.39 bits per heavy atom. The summed E-state index contributed by atoms with van der Waals surface area (Å²) < 4.78 is 27.0. The van der Waals surface area contributed by atoms with Gasteiger partial charge in [0.15, 0.2) is 0 Å². The van der Waals surface area contributed by atoms with Gasteiger partial charge in [0.25, 0.3) is 0 Å². The number of halogens is 3. The van der Waals surface area contributed by atoms with Gasteiger partial charge in [0.05, 0.1) is 12.2 Å². The molecule has 18 heavy (non-hydrogen) atoms. The highest BCUT2D eigenvalue weighted by atomic mass is 79.9. The van der Waals surface area contributed by atoms with Crippen molar-refractivity contribution in [1.29, 1.82) is 0 Å². The Morgan fingerprint density at radius 1 is 1.06 bits per heavy atom. The molecule has 0 spiro atoms. The third-order valence-corrected chi connectivity index (χ3v) is 2.90. The molecule has 0 saturated heterocycles. The van der Waals surface area contributed by atoms with Gasteiger partial charge in [-0.3, -0.25) is 10.8 Å². The van der Waals surface area contributed by atoms with E-state index < -0.39 is 17.7 Å². The highest BCUT2D eigenvalue weighted by molar-refractivity contribution is 9.10. The third-order valence-electron chi connectivity index (χ3n) is 2.44. The normalized spacial score (nSPS) is 12.4. The van der Waals surface area contributed by atoms with Crippen molar-refractivity contribution in [3.05, 3.63) is 63.9 Å². The Bertz CT molecular complexity index is 543. The summed E-state index contributed by atoms with van der Waals surface area (Å²) in [5, 5.41) is 0. The molecule has 0 aliphatic carbocycles. The van der Waals surface area contributed by atoms with Crippen LogP contribution in [-0.4, -0.2) is 4.98 Å². The number of benzene rings is 1. The predicted molar refractivity (Wildman–Crippen MR) is 67.5 cm³/mol. The SMILES string of the molecule is NNC(c1cncc(F)c1)c1cc(F)cc(Br)c1. The Kier molecular flexibility index (Phi) is 4.00. The monoisotopic (exact) mass is 313 g/mol. The number of nitrogens with zero attached hydrogens (tertiary/aromatic N) is 1. The van der Waals surface area contributed by atoms with Crippen LogP contribution in [0.3, 0.4) is 0 Å². The molecular weight excluding hydrogens is 304 g/mol. The molecule has 1 aromatic carbocycles. The molecule has 2 rings (SSSR count). The minimum absolute atomic E-state index is 0.399. The maximum Gasteiger partial charge on any atom is 0.141 e. The molecule has 1 aromatic heterocycles. The molecule has 0 amide bonds. The van der Waals surface area contributed by atoms with Crippen molar-refractivity contribution >= 4 is 15.9 Å². The van der Waals surface area contributed by atoms with Gasteiger partial charge < -0.3 is 0 Å². The number of hydrogen-bond donors (Lipinski definition) is 2. The number of pyridine rings is 1. The quantitative estimate of drug-likeness (QED) is 0.676. The molecular formula is C12H10BrF2N3. The number of hydrogen-bond acceptors (Lipinski definition) is 3. The lowest BCUT2D eigenvalue weighted by molar-refractivity contribution is 0.589. The lowest BCUT2D eigenvalue weighted by Crippen LogP contribution is -2.29. The lowest BCUT2D eigenvalue weighted by Gasteiger charge is -2.17. The third kappa shape index (κ3) is 2.90. The van der Waals surface area contributed by atoms with Gasteiger partial charge in [0.2, 0.25) is 0 Å². The summed E-state index contributed by atoms with van der Waals surface area (Å²) >= 11 is 3.20. The van der Waals surface area contributed by atoms with Crippen LogP contribution in [0.15, 0.2) is 41.1 Å². The standard InChI is InChI=1S/C12H10BrF2N3/c13-9-1-7(2-10(14)4-9)12(18-16)8-3-11(15)6-17-5-8/h1-6,12,18H,16H2. The van der Waals surface area contributed by atoms with Crippen molar-refractivity contribution in [1.82, 2.24) is 10.4 Å². The van der Waals surface area contributed by atoms with E-state index in [1.807, 2.05) is 0 Å². The van der Waals surface area contributed by atoms with Gasteiger partial charge >= 0.3 is 0 Å². The van der Waals surface area contributed by atoms with E-state index in [1.54, 1.807) is 6.07 Å². The van der Waals surface area contributed by atoms with Crippen molar-refractivity contribution in [2.24, 2.45) is 5.84 Å². The van der Waals surface area contributed by atoms with Crippen molar-refractivity contribution in [2.75, 3.05) is 0 Å². The molecule has 1 atom stereocenters. The van der Waals surface area contributed by atoms with Crippen LogP contribution in [0.2, 0.25) is 0 Å². The van der Waals surface area contributed by atoms with Crippen LogP contribution < -0.4 is 11.3 Å². The highest BCUT2D eigenvalue weighted by Crippen LogP contribution is 2.25. The summed E-state index contributed by atoms with van der Waals surface area (Å²) in [5.74, 6) is 4.58. The maximum absolute atomic E-state index is 13.3. The number of aromatic nitrogens is 1. The van der Waals surface area contributed by atoms with E-state index in [1.165, 1.54) is 24.4 Å². The van der Waals surface area contributed by atoms with Crippen molar-refractivity contribution in [2.45, 2.75) is 6.04 Å². The van der Waals surface area contributed by atoms with Crippen LogP contribution in [0.1, 0.15) is 17.2 Å². The second kappa shape index (κ2) is 5.51. The summed E-state index contributed by atoms with van der Waals surface area (Å²) in [4.78, 5) is 3.75. The second-order valence-electron chi connectivity index (χ2n) is 3.74. The Balaban J connectivity index is 2.45. The van der Waals surface area contributed by atoms with Gasteiger partial charge in [-0.2, -0.15) is 0 Å². The lowest BCUT2D eigenvalue weighted by atomic mass is 10.0. The summed E-state index contributed by atoms with van der Waals surface area (Å²) in [6.07, 6.45) is 2.57. The van der Waals surface area contributed by atoms with Crippen LogP contribution >= 0.6 is 15.9 Å². The van der Waals surface area contributed by atoms with E-state index in [0.29, 0.717) is 15.6 Å². The first-order chi connectivity index (χ1) is 8.60. The van der Waals surface area contributed by atoms with Crippen molar-refractivity contribution in [3.63, 3.8) is 0 Å². The van der Waals surface area contributed by atoms with E-state index >= 15 is 0 Å². The van der Waals surface area contributed by atoms with E-state index in [-0.39, 0.29) is 0 Å². The summed E-state index contributed by atoms with van der Waals surface area (Å²) in [7, 11) is 0. The molecule has 6 heteroatoms. The Labute approximate surface area is 111 Å². The largest absolute Gasteiger partial charge is 0.271 e. The highest BCUT2D eigenvalue weighted by Gasteiger charge is 2.15.